The number of alkyl halides is 3. The van der Waals surface area contributed by atoms with Crippen LogP contribution in [0.4, 0.5) is 13.2 Å². The minimum Gasteiger partial charge on any atom is -0.332 e. The smallest absolute Gasteiger partial charge is 0.332 e. The van der Waals surface area contributed by atoms with Crippen LogP contribution in [-0.4, -0.2) is 16.1 Å². The molecule has 0 atom stereocenters. The molecule has 0 amide bonds. The topological polar surface area (TPSA) is 29.9 Å². The van der Waals surface area contributed by atoms with Crippen molar-refractivity contribution in [2.75, 3.05) is 6.54 Å². The maximum absolute atomic E-state index is 12.7. The predicted molar refractivity (Wildman–Crippen MR) is 64.4 cm³/mol. The van der Waals surface area contributed by atoms with Crippen molar-refractivity contribution in [3.8, 4) is 11.3 Å². The van der Waals surface area contributed by atoms with Gasteiger partial charge in [-0.1, -0.05) is 12.1 Å². The Morgan fingerprint density at radius 1 is 1.26 bits per heavy atom. The van der Waals surface area contributed by atoms with E-state index in [0.717, 1.165) is 31.0 Å². The monoisotopic (exact) mass is 267 g/mol. The second-order valence-corrected chi connectivity index (χ2v) is 4.49. The Hall–Kier alpha value is -1.82. The van der Waals surface area contributed by atoms with Crippen LogP contribution in [0.2, 0.25) is 0 Å². The summed E-state index contributed by atoms with van der Waals surface area (Å²) in [5.41, 5.74) is 0.440. The van der Waals surface area contributed by atoms with Crippen LogP contribution in [0.3, 0.4) is 0 Å². The first-order chi connectivity index (χ1) is 9.04. The van der Waals surface area contributed by atoms with E-state index in [9.17, 15) is 13.2 Å². The molecular weight excluding hydrogens is 255 g/mol. The van der Waals surface area contributed by atoms with E-state index in [1.165, 1.54) is 6.07 Å². The molecular formula is C13H12F3N3. The Bertz CT molecular complexity index is 578. The summed E-state index contributed by atoms with van der Waals surface area (Å²) in [7, 11) is 0. The van der Waals surface area contributed by atoms with E-state index in [4.69, 9.17) is 0 Å². The molecule has 0 saturated heterocycles. The number of hydrogen-bond donors (Lipinski definition) is 1. The minimum absolute atomic E-state index is 0.497. The van der Waals surface area contributed by atoms with E-state index in [1.54, 1.807) is 6.07 Å². The van der Waals surface area contributed by atoms with Gasteiger partial charge in [-0.15, -0.1) is 0 Å². The number of nitrogens with zero attached hydrogens (tertiary/aromatic N) is 2. The summed E-state index contributed by atoms with van der Waals surface area (Å²) in [6, 6.07) is 5.27. The van der Waals surface area contributed by atoms with Gasteiger partial charge in [-0.3, -0.25) is 0 Å². The molecule has 2 aromatic rings. The van der Waals surface area contributed by atoms with E-state index < -0.39 is 11.7 Å². The molecule has 6 heteroatoms. The van der Waals surface area contributed by atoms with Gasteiger partial charge in [0, 0.05) is 24.8 Å². The van der Waals surface area contributed by atoms with Crippen molar-refractivity contribution in [3.63, 3.8) is 0 Å². The molecule has 3 nitrogen and oxygen atoms in total. The highest BCUT2D eigenvalue weighted by molar-refractivity contribution is 5.60. The zero-order valence-corrected chi connectivity index (χ0v) is 10.0. The quantitative estimate of drug-likeness (QED) is 0.861. The summed E-state index contributed by atoms with van der Waals surface area (Å²) in [5, 5.41) is 3.18. The average Bonchev–Trinajstić information content (AvgIpc) is 2.81. The molecule has 1 aliphatic rings. The highest BCUT2D eigenvalue weighted by atomic mass is 19.4. The zero-order chi connectivity index (χ0) is 13.5. The Morgan fingerprint density at radius 3 is 2.84 bits per heavy atom. The summed E-state index contributed by atoms with van der Waals surface area (Å²) in [4.78, 5) is 4.38. The van der Waals surface area contributed by atoms with E-state index in [0.29, 0.717) is 17.8 Å². The first kappa shape index (κ1) is 12.2. The highest BCUT2D eigenvalue weighted by Gasteiger charge is 2.30. The molecule has 0 bridgehead atoms. The first-order valence-corrected chi connectivity index (χ1v) is 5.98. The van der Waals surface area contributed by atoms with Crippen molar-refractivity contribution < 1.29 is 13.2 Å². The molecule has 0 fully saturated rings. The molecule has 1 aromatic heterocycles. The van der Waals surface area contributed by atoms with Gasteiger partial charge in [-0.05, 0) is 12.1 Å². The highest BCUT2D eigenvalue weighted by Crippen LogP contribution is 2.32. The Balaban J connectivity index is 2.00. The summed E-state index contributed by atoms with van der Waals surface area (Å²) in [6.07, 6.45) is -2.51. The molecule has 1 aromatic carbocycles. The van der Waals surface area contributed by atoms with Crippen LogP contribution >= 0.6 is 0 Å². The second kappa shape index (κ2) is 4.38. The van der Waals surface area contributed by atoms with Crippen LogP contribution in [0, 0.1) is 0 Å². The van der Waals surface area contributed by atoms with Crippen LogP contribution in [0.25, 0.3) is 11.3 Å². The van der Waals surface area contributed by atoms with Gasteiger partial charge in [-0.25, -0.2) is 4.98 Å². The summed E-state index contributed by atoms with van der Waals surface area (Å²) in [6.45, 7) is 2.30. The molecule has 1 aliphatic heterocycles. The molecule has 0 spiro atoms. The number of nitrogens with one attached hydrogen (secondary N) is 1. The largest absolute Gasteiger partial charge is 0.416 e. The Morgan fingerprint density at radius 2 is 2.11 bits per heavy atom. The fourth-order valence-electron chi connectivity index (χ4n) is 2.18. The average molecular weight is 267 g/mol. The molecule has 1 N–H and O–H groups in total. The van der Waals surface area contributed by atoms with Crippen LogP contribution in [0.5, 0.6) is 0 Å². The Kier molecular flexibility index (Phi) is 2.82. The predicted octanol–water partition coefficient (Wildman–Crippen LogP) is 2.67. The summed E-state index contributed by atoms with van der Waals surface area (Å²) in [5.74, 6) is 0.860. The third-order valence-electron chi connectivity index (χ3n) is 3.16. The molecule has 3 rings (SSSR count). The molecule has 0 saturated carbocycles. The van der Waals surface area contributed by atoms with Crippen molar-refractivity contribution in [1.29, 1.82) is 0 Å². The van der Waals surface area contributed by atoms with Gasteiger partial charge >= 0.3 is 6.18 Å². The molecule has 0 aliphatic carbocycles. The normalized spacial score (nSPS) is 15.3. The van der Waals surface area contributed by atoms with Gasteiger partial charge in [0.05, 0.1) is 17.8 Å². The maximum atomic E-state index is 12.7. The molecule has 2 heterocycles. The van der Waals surface area contributed by atoms with Gasteiger partial charge in [-0.2, -0.15) is 13.2 Å². The molecule has 0 unspecified atom stereocenters. The zero-order valence-electron chi connectivity index (χ0n) is 10.0. The number of rotatable bonds is 1. The van der Waals surface area contributed by atoms with Crippen molar-refractivity contribution in [1.82, 2.24) is 14.9 Å². The number of fused-ring (bicyclic) bond motifs is 1. The number of aromatic nitrogens is 2. The third kappa shape index (κ3) is 2.35. The lowest BCUT2D eigenvalue weighted by Crippen LogP contribution is -2.27. The minimum atomic E-state index is -4.32. The fraction of sp³-hybridized carbons (Fsp3) is 0.308. The van der Waals surface area contributed by atoms with Gasteiger partial charge in [0.2, 0.25) is 0 Å². The number of benzene rings is 1. The van der Waals surface area contributed by atoms with E-state index >= 15 is 0 Å². The summed E-state index contributed by atoms with van der Waals surface area (Å²) >= 11 is 0. The van der Waals surface area contributed by atoms with E-state index in [-0.39, 0.29) is 0 Å². The standard InChI is InChI=1S/C13H12F3N3/c14-13(15,16)10-3-1-2-9(6-10)11-8-19-5-4-17-7-12(19)18-11/h1-3,6,8,17H,4-5,7H2. The molecule has 100 valence electrons. The van der Waals surface area contributed by atoms with Crippen molar-refractivity contribution in [2.45, 2.75) is 19.3 Å². The van der Waals surface area contributed by atoms with Gasteiger partial charge in [0.15, 0.2) is 0 Å². The number of hydrogen-bond acceptors (Lipinski definition) is 2. The third-order valence-corrected chi connectivity index (χ3v) is 3.16. The van der Waals surface area contributed by atoms with Crippen LogP contribution in [0.1, 0.15) is 11.4 Å². The lowest BCUT2D eigenvalue weighted by Gasteiger charge is -2.13. The van der Waals surface area contributed by atoms with Gasteiger partial charge in [0.25, 0.3) is 0 Å². The number of imidazole rings is 1. The van der Waals surface area contributed by atoms with E-state index in [2.05, 4.69) is 10.3 Å². The first-order valence-electron chi connectivity index (χ1n) is 5.98. The Labute approximate surface area is 108 Å². The fourth-order valence-corrected chi connectivity index (χ4v) is 2.18. The lowest BCUT2D eigenvalue weighted by molar-refractivity contribution is -0.137. The summed E-state index contributed by atoms with van der Waals surface area (Å²) < 4.78 is 40.0. The van der Waals surface area contributed by atoms with Crippen LogP contribution in [-0.2, 0) is 19.3 Å². The second-order valence-electron chi connectivity index (χ2n) is 4.49. The van der Waals surface area contributed by atoms with E-state index in [1.807, 2.05) is 10.8 Å². The maximum Gasteiger partial charge on any atom is 0.416 e. The van der Waals surface area contributed by atoms with Crippen LogP contribution < -0.4 is 5.32 Å². The van der Waals surface area contributed by atoms with Gasteiger partial charge in [0.1, 0.15) is 5.82 Å². The van der Waals surface area contributed by atoms with Crippen molar-refractivity contribution in [3.05, 3.63) is 41.9 Å². The van der Waals surface area contributed by atoms with Crippen molar-refractivity contribution in [2.24, 2.45) is 0 Å². The molecule has 19 heavy (non-hydrogen) atoms. The SMILES string of the molecule is FC(F)(F)c1cccc(-c2cn3c(n2)CNCC3)c1. The lowest BCUT2D eigenvalue weighted by atomic mass is 10.1. The van der Waals surface area contributed by atoms with Crippen LogP contribution in [0.15, 0.2) is 30.5 Å². The number of halogens is 3. The van der Waals surface area contributed by atoms with Crippen molar-refractivity contribution >= 4 is 0 Å². The van der Waals surface area contributed by atoms with Gasteiger partial charge < -0.3 is 9.88 Å². The molecule has 0 radical (unpaired) electrons.